The standard InChI is InChI=1S/C22H23N3O4/c23-8-3-9-25-10-11-29-13-19(25)24-22(28)14-6-7-17-18(12-14)21(27)16-5-2-1-4-15(16)20(17)26/h1-2,4-7,12,19H,3,8-11,13,23H2,(H,24,28). The maximum atomic E-state index is 12.9. The van der Waals surface area contributed by atoms with E-state index in [0.29, 0.717) is 42.0 Å². The minimum absolute atomic E-state index is 0.198. The van der Waals surface area contributed by atoms with Gasteiger partial charge in [-0.05, 0) is 31.2 Å². The molecule has 4 rings (SSSR count). The lowest BCUT2D eigenvalue weighted by atomic mass is 9.83. The van der Waals surface area contributed by atoms with Crippen molar-refractivity contribution in [1.82, 2.24) is 10.2 Å². The summed E-state index contributed by atoms with van der Waals surface area (Å²) in [6.07, 6.45) is 0.582. The number of hydrogen-bond donors (Lipinski definition) is 2. The molecule has 0 saturated carbocycles. The largest absolute Gasteiger partial charge is 0.377 e. The number of ether oxygens (including phenoxy) is 1. The lowest BCUT2D eigenvalue weighted by molar-refractivity contribution is -0.0183. The molecule has 7 nitrogen and oxygen atoms in total. The van der Waals surface area contributed by atoms with Crippen LogP contribution < -0.4 is 11.1 Å². The molecule has 7 heteroatoms. The topological polar surface area (TPSA) is 102 Å². The van der Waals surface area contributed by atoms with Gasteiger partial charge >= 0.3 is 0 Å². The summed E-state index contributed by atoms with van der Waals surface area (Å²) in [5, 5.41) is 2.97. The van der Waals surface area contributed by atoms with Gasteiger partial charge in [0.15, 0.2) is 11.6 Å². The zero-order chi connectivity index (χ0) is 20.4. The van der Waals surface area contributed by atoms with Crippen LogP contribution in [0.2, 0.25) is 0 Å². The number of amides is 1. The molecule has 29 heavy (non-hydrogen) atoms. The highest BCUT2D eigenvalue weighted by atomic mass is 16.5. The van der Waals surface area contributed by atoms with Crippen LogP contribution in [0.1, 0.15) is 48.6 Å². The molecule has 1 atom stereocenters. The minimum Gasteiger partial charge on any atom is -0.377 e. The number of nitrogens with zero attached hydrogens (tertiary/aromatic N) is 1. The number of benzene rings is 2. The normalized spacial score (nSPS) is 18.9. The number of nitrogens with two attached hydrogens (primary N) is 1. The van der Waals surface area contributed by atoms with Crippen LogP contribution in [0.5, 0.6) is 0 Å². The van der Waals surface area contributed by atoms with E-state index in [2.05, 4.69) is 10.2 Å². The number of carbonyl (C=O) groups is 3. The zero-order valence-corrected chi connectivity index (χ0v) is 16.0. The minimum atomic E-state index is -0.305. The highest BCUT2D eigenvalue weighted by molar-refractivity contribution is 6.28. The fourth-order valence-corrected chi connectivity index (χ4v) is 3.81. The van der Waals surface area contributed by atoms with Crippen LogP contribution in [0.4, 0.5) is 0 Å². The van der Waals surface area contributed by atoms with Crippen molar-refractivity contribution >= 4 is 17.5 Å². The van der Waals surface area contributed by atoms with E-state index in [0.717, 1.165) is 19.5 Å². The van der Waals surface area contributed by atoms with E-state index >= 15 is 0 Å². The van der Waals surface area contributed by atoms with Gasteiger partial charge in [-0.3, -0.25) is 19.3 Å². The lowest BCUT2D eigenvalue weighted by Gasteiger charge is -2.35. The van der Waals surface area contributed by atoms with Crippen molar-refractivity contribution in [3.8, 4) is 0 Å². The number of carbonyl (C=O) groups excluding carboxylic acids is 3. The molecule has 1 aliphatic carbocycles. The first-order chi connectivity index (χ1) is 14.1. The molecule has 1 aliphatic heterocycles. The van der Waals surface area contributed by atoms with E-state index in [4.69, 9.17) is 10.5 Å². The Morgan fingerprint density at radius 3 is 2.48 bits per heavy atom. The predicted octanol–water partition coefficient (Wildman–Crippen LogP) is 1.20. The second kappa shape index (κ2) is 8.24. The molecule has 3 N–H and O–H groups in total. The van der Waals surface area contributed by atoms with Gasteiger partial charge in [-0.25, -0.2) is 0 Å². The van der Waals surface area contributed by atoms with Crippen molar-refractivity contribution in [2.45, 2.75) is 12.6 Å². The van der Waals surface area contributed by atoms with Crippen molar-refractivity contribution < 1.29 is 19.1 Å². The van der Waals surface area contributed by atoms with Crippen molar-refractivity contribution in [1.29, 1.82) is 0 Å². The van der Waals surface area contributed by atoms with Crippen molar-refractivity contribution in [3.63, 3.8) is 0 Å². The maximum absolute atomic E-state index is 12.9. The van der Waals surface area contributed by atoms with E-state index < -0.39 is 0 Å². The second-order valence-electron chi connectivity index (χ2n) is 7.21. The third kappa shape index (κ3) is 3.72. The van der Waals surface area contributed by atoms with Gasteiger partial charge in [0.2, 0.25) is 0 Å². The number of ketones is 2. The monoisotopic (exact) mass is 393 g/mol. The molecular formula is C22H23N3O4. The molecule has 2 aromatic carbocycles. The highest BCUT2D eigenvalue weighted by Crippen LogP contribution is 2.28. The van der Waals surface area contributed by atoms with Crippen LogP contribution in [0, 0.1) is 0 Å². The van der Waals surface area contributed by atoms with Gasteiger partial charge in [0.05, 0.1) is 13.2 Å². The Morgan fingerprint density at radius 2 is 1.76 bits per heavy atom. The van der Waals surface area contributed by atoms with Crippen LogP contribution in [0.15, 0.2) is 42.5 Å². The second-order valence-corrected chi connectivity index (χ2v) is 7.21. The van der Waals surface area contributed by atoms with Gasteiger partial charge in [0.25, 0.3) is 5.91 Å². The quantitative estimate of drug-likeness (QED) is 0.675. The smallest absolute Gasteiger partial charge is 0.252 e. The van der Waals surface area contributed by atoms with Gasteiger partial charge in [0, 0.05) is 40.9 Å². The number of rotatable bonds is 5. The fourth-order valence-electron chi connectivity index (χ4n) is 3.81. The van der Waals surface area contributed by atoms with Crippen LogP contribution in [-0.2, 0) is 4.74 Å². The maximum Gasteiger partial charge on any atom is 0.252 e. The first-order valence-electron chi connectivity index (χ1n) is 9.75. The number of hydrogen-bond acceptors (Lipinski definition) is 6. The Labute approximate surface area is 168 Å². The summed E-state index contributed by atoms with van der Waals surface area (Å²) in [6.45, 7) is 3.09. The predicted molar refractivity (Wildman–Crippen MR) is 107 cm³/mol. The summed E-state index contributed by atoms with van der Waals surface area (Å²) in [6, 6.07) is 11.4. The van der Waals surface area contributed by atoms with Crippen LogP contribution in [0.3, 0.4) is 0 Å². The summed E-state index contributed by atoms with van der Waals surface area (Å²) < 4.78 is 5.50. The Morgan fingerprint density at radius 1 is 1.07 bits per heavy atom. The van der Waals surface area contributed by atoms with Crippen molar-refractivity contribution in [3.05, 3.63) is 70.3 Å². The zero-order valence-electron chi connectivity index (χ0n) is 16.0. The Hall–Kier alpha value is -2.87. The van der Waals surface area contributed by atoms with E-state index in [1.165, 1.54) is 6.07 Å². The third-order valence-electron chi connectivity index (χ3n) is 5.37. The first kappa shape index (κ1) is 19.4. The van der Waals surface area contributed by atoms with Crippen molar-refractivity contribution in [2.24, 2.45) is 5.73 Å². The Balaban J connectivity index is 1.56. The van der Waals surface area contributed by atoms with E-state index in [1.54, 1.807) is 36.4 Å². The molecule has 0 spiro atoms. The number of fused-ring (bicyclic) bond motifs is 2. The third-order valence-corrected chi connectivity index (χ3v) is 5.37. The molecular weight excluding hydrogens is 370 g/mol. The first-order valence-corrected chi connectivity index (χ1v) is 9.75. The molecule has 0 bridgehead atoms. The summed E-state index contributed by atoms with van der Waals surface area (Å²) in [7, 11) is 0. The van der Waals surface area contributed by atoms with Gasteiger partial charge in [-0.1, -0.05) is 24.3 Å². The Kier molecular flexibility index (Phi) is 5.53. The molecule has 1 fully saturated rings. The van der Waals surface area contributed by atoms with Crippen LogP contribution in [0.25, 0.3) is 0 Å². The van der Waals surface area contributed by atoms with Crippen LogP contribution in [-0.4, -0.2) is 61.4 Å². The van der Waals surface area contributed by atoms with Gasteiger partial charge in [-0.15, -0.1) is 0 Å². The summed E-state index contributed by atoms with van der Waals surface area (Å²) in [5.74, 6) is -0.744. The lowest BCUT2D eigenvalue weighted by Crippen LogP contribution is -2.55. The van der Waals surface area contributed by atoms with Gasteiger partial charge in [-0.2, -0.15) is 0 Å². The molecule has 1 heterocycles. The van der Waals surface area contributed by atoms with Crippen molar-refractivity contribution in [2.75, 3.05) is 32.8 Å². The fraction of sp³-hybridized carbons (Fsp3) is 0.318. The molecule has 2 aromatic rings. The van der Waals surface area contributed by atoms with Gasteiger partial charge < -0.3 is 15.8 Å². The molecule has 1 amide bonds. The van der Waals surface area contributed by atoms with E-state index in [9.17, 15) is 14.4 Å². The average Bonchev–Trinajstić information content (AvgIpc) is 2.76. The summed E-state index contributed by atoms with van der Waals surface area (Å²) in [5.41, 5.74) is 7.31. The molecule has 0 aromatic heterocycles. The molecule has 2 aliphatic rings. The van der Waals surface area contributed by atoms with E-state index in [-0.39, 0.29) is 29.2 Å². The average molecular weight is 393 g/mol. The number of morpholine rings is 1. The number of nitrogens with one attached hydrogen (secondary N) is 1. The molecule has 150 valence electrons. The van der Waals surface area contributed by atoms with Gasteiger partial charge in [0.1, 0.15) is 6.17 Å². The molecule has 0 radical (unpaired) electrons. The summed E-state index contributed by atoms with van der Waals surface area (Å²) >= 11 is 0. The highest BCUT2D eigenvalue weighted by Gasteiger charge is 2.30. The van der Waals surface area contributed by atoms with E-state index in [1.807, 2.05) is 0 Å². The molecule has 1 saturated heterocycles. The molecule has 1 unspecified atom stereocenters. The van der Waals surface area contributed by atoms with Crippen LogP contribution >= 0.6 is 0 Å². The SMILES string of the molecule is NCCCN1CCOCC1NC(=O)c1ccc2c(c1)C(=O)c1ccccc1C2=O. The Bertz CT molecular complexity index is 972. The summed E-state index contributed by atoms with van der Waals surface area (Å²) in [4.78, 5) is 40.5.